The van der Waals surface area contributed by atoms with Crippen LogP contribution in [0, 0.1) is 11.7 Å². The Labute approximate surface area is 128 Å². The van der Waals surface area contributed by atoms with Gasteiger partial charge >= 0.3 is 5.97 Å². The van der Waals surface area contributed by atoms with Gasteiger partial charge in [0.15, 0.2) is 5.11 Å². The Morgan fingerprint density at radius 2 is 2.10 bits per heavy atom. The van der Waals surface area contributed by atoms with E-state index in [1.165, 1.54) is 6.07 Å². The minimum atomic E-state index is -0.698. The average Bonchev–Trinajstić information content (AvgIpc) is 2.37. The maximum atomic E-state index is 14.1. The molecule has 1 heterocycles. The molecule has 0 bridgehead atoms. The lowest BCUT2D eigenvalue weighted by Crippen LogP contribution is -2.45. The van der Waals surface area contributed by atoms with Gasteiger partial charge in [-0.15, -0.1) is 0 Å². The molecule has 1 aromatic carbocycles. The van der Waals surface area contributed by atoms with Gasteiger partial charge in [0.1, 0.15) is 11.7 Å². The van der Waals surface area contributed by atoms with E-state index < -0.39 is 23.7 Å². The van der Waals surface area contributed by atoms with Gasteiger partial charge in [-0.2, -0.15) is 0 Å². The van der Waals surface area contributed by atoms with Crippen LogP contribution in [0.3, 0.4) is 0 Å². The van der Waals surface area contributed by atoms with Crippen molar-refractivity contribution in [2.24, 2.45) is 10.9 Å². The van der Waals surface area contributed by atoms with E-state index in [0.717, 1.165) is 0 Å². The molecule has 112 valence electrons. The molecule has 1 aromatic rings. The molecule has 0 saturated heterocycles. The molecule has 0 amide bonds. The zero-order valence-corrected chi connectivity index (χ0v) is 12.9. The third kappa shape index (κ3) is 3.44. The summed E-state index contributed by atoms with van der Waals surface area (Å²) in [6.07, 6.45) is -0.250. The summed E-state index contributed by atoms with van der Waals surface area (Å²) >= 11 is 5.06. The highest BCUT2D eigenvalue weighted by Gasteiger charge is 2.38. The largest absolute Gasteiger partial charge is 0.462 e. The monoisotopic (exact) mass is 308 g/mol. The molecule has 4 nitrogen and oxygen atoms in total. The zero-order chi connectivity index (χ0) is 15.6. The van der Waals surface area contributed by atoms with Crippen molar-refractivity contribution in [1.29, 1.82) is 0 Å². The van der Waals surface area contributed by atoms with Crippen LogP contribution in [-0.2, 0) is 9.53 Å². The normalized spacial score (nSPS) is 21.8. The highest BCUT2D eigenvalue weighted by Crippen LogP contribution is 2.29. The number of carbonyl (C=O) groups excluding carboxylic acids is 1. The summed E-state index contributed by atoms with van der Waals surface area (Å²) in [6, 6.07) is 5.69. The van der Waals surface area contributed by atoms with Crippen LogP contribution in [0.15, 0.2) is 29.3 Å². The van der Waals surface area contributed by atoms with Crippen molar-refractivity contribution >= 4 is 29.0 Å². The molecular formula is C15H17FN2O2S. The number of aliphatic imine (C=N–C) groups is 1. The summed E-state index contributed by atoms with van der Waals surface area (Å²) in [6.45, 7) is 5.24. The lowest BCUT2D eigenvalue weighted by atomic mass is 9.88. The fourth-order valence-electron chi connectivity index (χ4n) is 2.32. The van der Waals surface area contributed by atoms with Crippen LogP contribution in [0.1, 0.15) is 32.4 Å². The van der Waals surface area contributed by atoms with Crippen LogP contribution in [0.4, 0.5) is 4.39 Å². The molecule has 0 aliphatic carbocycles. The maximum absolute atomic E-state index is 14.1. The molecule has 1 N–H and O–H groups in total. The van der Waals surface area contributed by atoms with Crippen LogP contribution < -0.4 is 5.32 Å². The maximum Gasteiger partial charge on any atom is 0.317 e. The molecule has 21 heavy (non-hydrogen) atoms. The zero-order valence-electron chi connectivity index (χ0n) is 12.1. The van der Waals surface area contributed by atoms with E-state index in [4.69, 9.17) is 17.0 Å². The van der Waals surface area contributed by atoms with Crippen LogP contribution in [0.5, 0.6) is 0 Å². The number of hydrogen-bond donors (Lipinski definition) is 1. The third-order valence-corrected chi connectivity index (χ3v) is 3.40. The fourth-order valence-corrected chi connectivity index (χ4v) is 2.59. The van der Waals surface area contributed by atoms with E-state index in [9.17, 15) is 9.18 Å². The number of nitrogens with one attached hydrogen (secondary N) is 1. The molecule has 1 aliphatic rings. The van der Waals surface area contributed by atoms with Crippen LogP contribution >= 0.6 is 12.2 Å². The minimum Gasteiger partial charge on any atom is -0.462 e. The van der Waals surface area contributed by atoms with Crippen molar-refractivity contribution in [3.8, 4) is 0 Å². The first kappa shape index (κ1) is 15.6. The first-order valence-corrected chi connectivity index (χ1v) is 7.11. The summed E-state index contributed by atoms with van der Waals surface area (Å²) in [5, 5.41) is 3.16. The third-order valence-electron chi connectivity index (χ3n) is 3.19. The molecule has 2 rings (SSSR count). The van der Waals surface area contributed by atoms with Gasteiger partial charge in [-0.25, -0.2) is 9.38 Å². The van der Waals surface area contributed by atoms with Gasteiger partial charge in [0.25, 0.3) is 0 Å². The van der Waals surface area contributed by atoms with Gasteiger partial charge in [-0.3, -0.25) is 4.79 Å². The Morgan fingerprint density at radius 3 is 2.71 bits per heavy atom. The number of ether oxygens (including phenoxy) is 1. The second-order valence-corrected chi connectivity index (χ2v) is 5.55. The SMILES string of the molecule is CC1=NC(=S)NC(c2ccccc2F)C1C(=O)OC(C)C. The summed E-state index contributed by atoms with van der Waals surface area (Å²) in [5.41, 5.74) is 0.900. The Hall–Kier alpha value is -1.82. The second kappa shape index (κ2) is 6.30. The van der Waals surface area contributed by atoms with E-state index in [1.807, 2.05) is 0 Å². The first-order chi connectivity index (χ1) is 9.90. The fraction of sp³-hybridized carbons (Fsp3) is 0.400. The van der Waals surface area contributed by atoms with Gasteiger partial charge in [0.2, 0.25) is 0 Å². The molecule has 0 radical (unpaired) electrons. The van der Waals surface area contributed by atoms with E-state index in [2.05, 4.69) is 10.3 Å². The van der Waals surface area contributed by atoms with Crippen LogP contribution in [0.25, 0.3) is 0 Å². The highest BCUT2D eigenvalue weighted by atomic mass is 32.1. The minimum absolute atomic E-state index is 0.245. The Balaban J connectivity index is 2.41. The molecule has 6 heteroatoms. The number of thiocarbonyl (C=S) groups is 1. The quantitative estimate of drug-likeness (QED) is 0.689. The summed E-state index contributed by atoms with van der Waals surface area (Å²) in [7, 11) is 0. The predicted octanol–water partition coefficient (Wildman–Crippen LogP) is 2.78. The molecule has 0 spiro atoms. The average molecular weight is 308 g/mol. The number of benzene rings is 1. The van der Waals surface area contributed by atoms with Crippen molar-refractivity contribution < 1.29 is 13.9 Å². The van der Waals surface area contributed by atoms with Gasteiger partial charge in [-0.05, 0) is 39.1 Å². The standard InChI is InChI=1S/C15H17FN2O2S/c1-8(2)20-14(19)12-9(3)17-15(21)18-13(12)10-6-4-5-7-11(10)16/h4-8,12-13H,1-3H3,(H,18,21). The summed E-state index contributed by atoms with van der Waals surface area (Å²) < 4.78 is 19.3. The summed E-state index contributed by atoms with van der Waals surface area (Å²) in [5.74, 6) is -1.53. The molecule has 2 atom stereocenters. The Morgan fingerprint density at radius 1 is 1.43 bits per heavy atom. The number of nitrogens with zero attached hydrogens (tertiary/aromatic N) is 1. The number of hydrogen-bond acceptors (Lipinski definition) is 3. The van der Waals surface area contributed by atoms with Gasteiger partial charge in [0, 0.05) is 11.3 Å². The summed E-state index contributed by atoms with van der Waals surface area (Å²) in [4.78, 5) is 16.4. The van der Waals surface area contributed by atoms with E-state index >= 15 is 0 Å². The number of rotatable bonds is 3. The van der Waals surface area contributed by atoms with E-state index in [0.29, 0.717) is 11.3 Å². The van der Waals surface area contributed by atoms with E-state index in [1.54, 1.807) is 39.0 Å². The predicted molar refractivity (Wildman–Crippen MR) is 82.7 cm³/mol. The molecule has 1 aliphatic heterocycles. The number of esters is 1. The Bertz CT molecular complexity index is 601. The first-order valence-electron chi connectivity index (χ1n) is 6.70. The Kier molecular flexibility index (Phi) is 4.67. The van der Waals surface area contributed by atoms with Crippen LogP contribution in [-0.4, -0.2) is 22.9 Å². The molecule has 2 unspecified atom stereocenters. The van der Waals surface area contributed by atoms with Crippen molar-refractivity contribution in [2.75, 3.05) is 0 Å². The topological polar surface area (TPSA) is 50.7 Å². The smallest absolute Gasteiger partial charge is 0.317 e. The molecule has 0 saturated carbocycles. The molecule has 0 fully saturated rings. The van der Waals surface area contributed by atoms with Gasteiger partial charge in [-0.1, -0.05) is 18.2 Å². The van der Waals surface area contributed by atoms with Gasteiger partial charge < -0.3 is 10.1 Å². The van der Waals surface area contributed by atoms with Crippen molar-refractivity contribution in [3.63, 3.8) is 0 Å². The highest BCUT2D eigenvalue weighted by molar-refractivity contribution is 7.80. The molecule has 0 aromatic heterocycles. The van der Waals surface area contributed by atoms with Crippen LogP contribution in [0.2, 0.25) is 0 Å². The molecular weight excluding hydrogens is 291 g/mol. The number of halogens is 1. The lowest BCUT2D eigenvalue weighted by Gasteiger charge is -2.31. The van der Waals surface area contributed by atoms with E-state index in [-0.39, 0.29) is 11.2 Å². The lowest BCUT2D eigenvalue weighted by molar-refractivity contribution is -0.150. The number of carbonyl (C=O) groups is 1. The van der Waals surface area contributed by atoms with Gasteiger partial charge in [0.05, 0.1) is 12.1 Å². The van der Waals surface area contributed by atoms with Crippen molar-refractivity contribution in [1.82, 2.24) is 5.32 Å². The second-order valence-electron chi connectivity index (χ2n) is 5.17. The van der Waals surface area contributed by atoms with Crippen molar-refractivity contribution in [3.05, 3.63) is 35.6 Å². The van der Waals surface area contributed by atoms with Crippen molar-refractivity contribution in [2.45, 2.75) is 32.9 Å².